The Morgan fingerprint density at radius 2 is 2.20 bits per heavy atom. The van der Waals surface area contributed by atoms with Crippen LogP contribution in [0.15, 0.2) is 6.07 Å². The van der Waals surface area contributed by atoms with Crippen molar-refractivity contribution in [3.05, 3.63) is 27.8 Å². The molecule has 0 spiro atoms. The van der Waals surface area contributed by atoms with E-state index in [4.69, 9.17) is 0 Å². The average Bonchev–Trinajstić information content (AvgIpc) is 2.16. The monoisotopic (exact) mass is 222 g/mol. The van der Waals surface area contributed by atoms with E-state index in [-0.39, 0.29) is 0 Å². The Labute approximate surface area is 81.6 Å². The van der Waals surface area contributed by atoms with Gasteiger partial charge in [-0.1, -0.05) is 0 Å². The highest BCUT2D eigenvalue weighted by Gasteiger charge is 2.26. The predicted molar refractivity (Wildman–Crippen MR) is 42.4 cm³/mol. The summed E-state index contributed by atoms with van der Waals surface area (Å²) in [4.78, 5) is 12.1. The Kier molecular flexibility index (Phi) is 3.08. The zero-order chi connectivity index (χ0) is 11.6. The maximum Gasteiger partial charge on any atom is 0.300 e. The Balaban J connectivity index is 3.39. The Morgan fingerprint density at radius 3 is 2.60 bits per heavy atom. The zero-order valence-electron chi connectivity index (χ0n) is 7.41. The van der Waals surface area contributed by atoms with Crippen molar-refractivity contribution in [2.45, 2.75) is 6.43 Å². The molecule has 0 bridgehead atoms. The van der Waals surface area contributed by atoms with Crippen LogP contribution in [0.5, 0.6) is 5.75 Å². The van der Waals surface area contributed by atoms with Gasteiger partial charge in [0.1, 0.15) is 0 Å². The van der Waals surface area contributed by atoms with E-state index in [1.807, 2.05) is 0 Å². The van der Waals surface area contributed by atoms with E-state index in [1.54, 1.807) is 0 Å². The van der Waals surface area contributed by atoms with Crippen LogP contribution in [0.2, 0.25) is 0 Å². The number of hydrogen-bond donors (Lipinski definition) is 0. The summed E-state index contributed by atoms with van der Waals surface area (Å²) in [5, 5.41) is 10.4. The summed E-state index contributed by atoms with van der Waals surface area (Å²) in [5.41, 5.74) is -2.18. The molecule has 15 heavy (non-hydrogen) atoms. The number of aromatic nitrogens is 1. The molecule has 0 aliphatic rings. The Hall–Kier alpha value is -1.86. The highest BCUT2D eigenvalue weighted by atomic mass is 19.3. The lowest BCUT2D eigenvalue weighted by molar-refractivity contribution is -0.386. The second-order valence-electron chi connectivity index (χ2n) is 2.44. The quantitative estimate of drug-likeness (QED) is 0.446. The van der Waals surface area contributed by atoms with Crippen LogP contribution in [0.25, 0.3) is 0 Å². The third kappa shape index (κ3) is 2.14. The number of methoxy groups -OCH3 is 1. The Morgan fingerprint density at radius 1 is 1.60 bits per heavy atom. The second-order valence-corrected chi connectivity index (χ2v) is 2.44. The molecule has 0 unspecified atom stereocenters. The van der Waals surface area contributed by atoms with Crippen LogP contribution >= 0.6 is 0 Å². The molecule has 0 atom stereocenters. The number of nitrogens with zero attached hydrogens (tertiary/aromatic N) is 2. The van der Waals surface area contributed by atoms with Crippen molar-refractivity contribution in [1.82, 2.24) is 4.98 Å². The molecule has 1 rings (SSSR count). The molecule has 1 aromatic heterocycles. The van der Waals surface area contributed by atoms with Crippen molar-refractivity contribution in [2.24, 2.45) is 0 Å². The SMILES string of the molecule is COc1cc([N+](=O)[O-])c(C(F)F)nc1F. The first-order valence-electron chi connectivity index (χ1n) is 3.64. The highest BCUT2D eigenvalue weighted by Crippen LogP contribution is 2.31. The van der Waals surface area contributed by atoms with E-state index >= 15 is 0 Å². The van der Waals surface area contributed by atoms with Crippen LogP contribution in [-0.4, -0.2) is 17.0 Å². The lowest BCUT2D eigenvalue weighted by Gasteiger charge is -2.04. The summed E-state index contributed by atoms with van der Waals surface area (Å²) in [6.07, 6.45) is -3.22. The van der Waals surface area contributed by atoms with E-state index in [2.05, 4.69) is 9.72 Å². The van der Waals surface area contributed by atoms with E-state index in [1.165, 1.54) is 0 Å². The maximum absolute atomic E-state index is 12.9. The fourth-order valence-corrected chi connectivity index (χ4v) is 0.926. The molecule has 0 aromatic carbocycles. The molecule has 0 saturated carbocycles. The fraction of sp³-hybridized carbons (Fsp3) is 0.286. The molecule has 0 radical (unpaired) electrons. The standard InChI is InChI=1S/C7H5F3N2O3/c1-15-4-2-3(12(13)14)5(6(8)9)11-7(4)10/h2,6H,1H3. The number of pyridine rings is 1. The molecule has 8 heteroatoms. The maximum atomic E-state index is 12.9. The van der Waals surface area contributed by atoms with E-state index in [0.717, 1.165) is 7.11 Å². The van der Waals surface area contributed by atoms with Crippen LogP contribution < -0.4 is 4.74 Å². The normalized spacial score (nSPS) is 10.5. The number of rotatable bonds is 3. The Bertz CT molecular complexity index is 397. The third-order valence-corrected chi connectivity index (χ3v) is 1.58. The van der Waals surface area contributed by atoms with Crippen molar-refractivity contribution >= 4 is 5.69 Å². The topological polar surface area (TPSA) is 65.3 Å². The van der Waals surface area contributed by atoms with Crippen LogP contribution in [0.3, 0.4) is 0 Å². The van der Waals surface area contributed by atoms with Crippen LogP contribution in [0.1, 0.15) is 12.1 Å². The van der Waals surface area contributed by atoms with Gasteiger partial charge in [0.2, 0.25) is 0 Å². The van der Waals surface area contributed by atoms with Crippen molar-refractivity contribution in [1.29, 1.82) is 0 Å². The summed E-state index contributed by atoms with van der Waals surface area (Å²) in [7, 11) is 1.05. The summed E-state index contributed by atoms with van der Waals surface area (Å²) in [5.74, 6) is -1.86. The number of alkyl halides is 2. The van der Waals surface area contributed by atoms with Crippen molar-refractivity contribution in [3.63, 3.8) is 0 Å². The fourth-order valence-electron chi connectivity index (χ4n) is 0.926. The highest BCUT2D eigenvalue weighted by molar-refractivity contribution is 5.42. The predicted octanol–water partition coefficient (Wildman–Crippen LogP) is 2.08. The van der Waals surface area contributed by atoms with Gasteiger partial charge in [-0.15, -0.1) is 0 Å². The minimum atomic E-state index is -3.22. The molecule has 0 aliphatic heterocycles. The lowest BCUT2D eigenvalue weighted by Crippen LogP contribution is -2.03. The van der Waals surface area contributed by atoms with Gasteiger partial charge >= 0.3 is 5.69 Å². The summed E-state index contributed by atoms with van der Waals surface area (Å²) in [6, 6.07) is 0.573. The minimum absolute atomic E-state index is 0.550. The molecule has 0 amide bonds. The first kappa shape index (κ1) is 11.2. The lowest BCUT2D eigenvalue weighted by atomic mass is 10.3. The van der Waals surface area contributed by atoms with Gasteiger partial charge < -0.3 is 4.74 Å². The van der Waals surface area contributed by atoms with Gasteiger partial charge in [0.25, 0.3) is 12.4 Å². The molecule has 1 aromatic rings. The van der Waals surface area contributed by atoms with E-state index < -0.39 is 34.4 Å². The van der Waals surface area contributed by atoms with E-state index in [0.29, 0.717) is 6.07 Å². The summed E-state index contributed by atoms with van der Waals surface area (Å²) in [6.45, 7) is 0. The number of nitro groups is 1. The zero-order valence-corrected chi connectivity index (χ0v) is 7.41. The molecular formula is C7H5F3N2O3. The third-order valence-electron chi connectivity index (χ3n) is 1.58. The number of halogens is 3. The van der Waals surface area contributed by atoms with Crippen LogP contribution in [0, 0.1) is 16.1 Å². The van der Waals surface area contributed by atoms with Gasteiger partial charge in [-0.05, 0) is 0 Å². The summed E-state index contributed by atoms with van der Waals surface area (Å²) < 4.78 is 41.7. The first-order valence-corrected chi connectivity index (χ1v) is 3.64. The molecule has 0 fully saturated rings. The van der Waals surface area contributed by atoms with Crippen molar-refractivity contribution < 1.29 is 22.8 Å². The largest absolute Gasteiger partial charge is 0.492 e. The number of hydrogen-bond acceptors (Lipinski definition) is 4. The average molecular weight is 222 g/mol. The molecule has 82 valence electrons. The molecular weight excluding hydrogens is 217 g/mol. The summed E-state index contributed by atoms with van der Waals surface area (Å²) >= 11 is 0. The molecule has 0 saturated heterocycles. The van der Waals surface area contributed by atoms with Crippen LogP contribution in [-0.2, 0) is 0 Å². The second kappa shape index (κ2) is 4.11. The van der Waals surface area contributed by atoms with Gasteiger partial charge in [-0.25, -0.2) is 13.8 Å². The smallest absolute Gasteiger partial charge is 0.300 e. The van der Waals surface area contributed by atoms with Gasteiger partial charge in [0.05, 0.1) is 18.1 Å². The molecule has 1 heterocycles. The van der Waals surface area contributed by atoms with Gasteiger partial charge in [0.15, 0.2) is 11.4 Å². The van der Waals surface area contributed by atoms with E-state index in [9.17, 15) is 23.3 Å². The first-order chi connectivity index (χ1) is 6.97. The van der Waals surface area contributed by atoms with Gasteiger partial charge in [0, 0.05) is 0 Å². The van der Waals surface area contributed by atoms with Crippen LogP contribution in [0.4, 0.5) is 18.9 Å². The van der Waals surface area contributed by atoms with Crippen molar-refractivity contribution in [3.8, 4) is 5.75 Å². The minimum Gasteiger partial charge on any atom is -0.492 e. The molecule has 5 nitrogen and oxygen atoms in total. The van der Waals surface area contributed by atoms with Crippen molar-refractivity contribution in [2.75, 3.05) is 7.11 Å². The molecule has 0 aliphatic carbocycles. The molecule has 0 N–H and O–H groups in total. The van der Waals surface area contributed by atoms with Gasteiger partial charge in [-0.3, -0.25) is 10.1 Å². The van der Waals surface area contributed by atoms with Gasteiger partial charge in [-0.2, -0.15) is 4.39 Å². The number of ether oxygens (including phenoxy) is 1.